The lowest BCUT2D eigenvalue weighted by Crippen LogP contribution is -2.42. The van der Waals surface area contributed by atoms with E-state index in [1.165, 1.54) is 9.47 Å². The first-order valence-corrected chi connectivity index (χ1v) is 11.5. The van der Waals surface area contributed by atoms with Gasteiger partial charge in [0.25, 0.3) is 11.5 Å². The Morgan fingerprint density at radius 3 is 2.45 bits per heavy atom. The number of hydrogen-bond donors (Lipinski definition) is 2. The molecule has 2 heterocycles. The fraction of sp³-hybridized carbons (Fsp3) is 0.480. The number of furan rings is 1. The van der Waals surface area contributed by atoms with Crippen LogP contribution in [0.5, 0.6) is 0 Å². The first-order chi connectivity index (χ1) is 15.6. The molecule has 3 aromatic rings. The van der Waals surface area contributed by atoms with Gasteiger partial charge in [0.2, 0.25) is 0 Å². The fourth-order valence-corrected chi connectivity index (χ4v) is 4.08. The van der Waals surface area contributed by atoms with Crippen molar-refractivity contribution in [3.05, 3.63) is 55.4 Å². The van der Waals surface area contributed by atoms with Crippen LogP contribution in [0.15, 0.2) is 26.1 Å². The number of rotatable bonds is 8. The zero-order valence-electron chi connectivity index (χ0n) is 20.4. The van der Waals surface area contributed by atoms with Gasteiger partial charge in [-0.1, -0.05) is 39.3 Å². The van der Waals surface area contributed by atoms with Gasteiger partial charge in [0.15, 0.2) is 11.4 Å². The maximum Gasteiger partial charge on any atom is 0.330 e. The van der Waals surface area contributed by atoms with Gasteiger partial charge < -0.3 is 10.2 Å². The van der Waals surface area contributed by atoms with Crippen molar-refractivity contribution in [2.24, 2.45) is 5.92 Å². The van der Waals surface area contributed by atoms with E-state index in [4.69, 9.17) is 10.2 Å². The van der Waals surface area contributed by atoms with Gasteiger partial charge in [-0.25, -0.2) is 4.79 Å². The monoisotopic (exact) mass is 454 g/mol. The summed E-state index contributed by atoms with van der Waals surface area (Å²) in [5, 5.41) is 0.900. The molecule has 0 aliphatic heterocycles. The molecule has 0 fully saturated rings. The summed E-state index contributed by atoms with van der Waals surface area (Å²) in [5.74, 6) is 0.0144. The Hall–Kier alpha value is -3.29. The Morgan fingerprint density at radius 1 is 1.18 bits per heavy atom. The molecule has 8 nitrogen and oxygen atoms in total. The Morgan fingerprint density at radius 2 is 1.85 bits per heavy atom. The Bertz CT molecular complexity index is 1300. The Labute approximate surface area is 193 Å². The summed E-state index contributed by atoms with van der Waals surface area (Å²) in [4.78, 5) is 42.8. The van der Waals surface area contributed by atoms with Crippen molar-refractivity contribution in [3.63, 3.8) is 0 Å². The number of fused-ring (bicyclic) bond motifs is 1. The zero-order chi connectivity index (χ0) is 24.4. The van der Waals surface area contributed by atoms with E-state index in [1.54, 1.807) is 0 Å². The second-order valence-corrected chi connectivity index (χ2v) is 9.10. The standard InChI is InChI=1S/C25H34N4O4/c1-7-8-12-29-22(26)19(23(30)27-25(29)32)28(13-11-14(2)3)24(31)21-17(6)18-15(4)9-10-16(5)20(18)33-21/h9-10,14H,7-8,11-13,26H2,1-6H3,(H,27,30,32). The lowest BCUT2D eigenvalue weighted by Gasteiger charge is -2.24. The van der Waals surface area contributed by atoms with E-state index in [0.717, 1.165) is 34.9 Å². The lowest BCUT2D eigenvalue weighted by atomic mass is 10.0. The van der Waals surface area contributed by atoms with Crippen molar-refractivity contribution in [3.8, 4) is 0 Å². The van der Waals surface area contributed by atoms with E-state index in [1.807, 2.05) is 53.7 Å². The topological polar surface area (TPSA) is 114 Å². The van der Waals surface area contributed by atoms with Crippen LogP contribution in [0, 0.1) is 26.7 Å². The summed E-state index contributed by atoms with van der Waals surface area (Å²) in [6.45, 7) is 12.5. The quantitative estimate of drug-likeness (QED) is 0.527. The first kappa shape index (κ1) is 24.4. The normalized spacial score (nSPS) is 11.5. The largest absolute Gasteiger partial charge is 0.450 e. The average Bonchev–Trinajstić information content (AvgIpc) is 3.10. The van der Waals surface area contributed by atoms with Crippen LogP contribution in [0.1, 0.15) is 67.3 Å². The molecular weight excluding hydrogens is 420 g/mol. The van der Waals surface area contributed by atoms with Gasteiger partial charge in [-0.3, -0.25) is 24.0 Å². The summed E-state index contributed by atoms with van der Waals surface area (Å²) < 4.78 is 7.40. The molecule has 3 N–H and O–H groups in total. The highest BCUT2D eigenvalue weighted by Crippen LogP contribution is 2.32. The maximum atomic E-state index is 13.8. The number of hydrogen-bond acceptors (Lipinski definition) is 5. The molecule has 0 atom stereocenters. The Balaban J connectivity index is 2.20. The molecule has 0 aliphatic carbocycles. The van der Waals surface area contributed by atoms with Crippen molar-refractivity contribution in [2.75, 3.05) is 17.2 Å². The number of aromatic amines is 1. The predicted molar refractivity (Wildman–Crippen MR) is 132 cm³/mol. The van der Waals surface area contributed by atoms with Crippen molar-refractivity contribution < 1.29 is 9.21 Å². The minimum Gasteiger partial charge on any atom is -0.450 e. The number of amides is 1. The molecule has 2 aromatic heterocycles. The van der Waals surface area contributed by atoms with Gasteiger partial charge in [0.05, 0.1) is 0 Å². The minimum absolute atomic E-state index is 0.00423. The highest BCUT2D eigenvalue weighted by molar-refractivity contribution is 6.09. The number of aromatic nitrogens is 2. The molecule has 0 radical (unpaired) electrons. The molecular formula is C25H34N4O4. The van der Waals surface area contributed by atoms with Crippen molar-refractivity contribution >= 4 is 28.4 Å². The third kappa shape index (κ3) is 4.60. The molecule has 1 aromatic carbocycles. The third-order valence-corrected chi connectivity index (χ3v) is 6.07. The van der Waals surface area contributed by atoms with E-state index in [-0.39, 0.29) is 29.7 Å². The highest BCUT2D eigenvalue weighted by Gasteiger charge is 2.30. The summed E-state index contributed by atoms with van der Waals surface area (Å²) in [5.41, 5.74) is 8.39. The van der Waals surface area contributed by atoms with E-state index in [9.17, 15) is 14.4 Å². The molecule has 0 unspecified atom stereocenters. The summed E-state index contributed by atoms with van der Waals surface area (Å²) >= 11 is 0. The first-order valence-electron chi connectivity index (χ1n) is 11.5. The SMILES string of the molecule is CCCCn1c(N)c(N(CCC(C)C)C(=O)c2oc3c(C)ccc(C)c3c2C)c(=O)[nH]c1=O. The van der Waals surface area contributed by atoms with Gasteiger partial charge in [0, 0.05) is 24.0 Å². The summed E-state index contributed by atoms with van der Waals surface area (Å²) in [7, 11) is 0. The number of benzene rings is 1. The number of H-pyrrole nitrogens is 1. The number of unbranched alkanes of at least 4 members (excludes halogenated alkanes) is 1. The van der Waals surface area contributed by atoms with Crippen LogP contribution < -0.4 is 21.9 Å². The number of aryl methyl sites for hydroxylation is 3. The van der Waals surface area contributed by atoms with Crippen LogP contribution in [0.3, 0.4) is 0 Å². The van der Waals surface area contributed by atoms with Crippen molar-refractivity contribution in [1.29, 1.82) is 0 Å². The number of anilines is 2. The van der Waals surface area contributed by atoms with Gasteiger partial charge in [-0.2, -0.15) is 0 Å². The molecule has 1 amide bonds. The van der Waals surface area contributed by atoms with Crippen molar-refractivity contribution in [2.45, 2.75) is 67.3 Å². The van der Waals surface area contributed by atoms with E-state index in [0.29, 0.717) is 18.5 Å². The van der Waals surface area contributed by atoms with Crippen molar-refractivity contribution in [1.82, 2.24) is 9.55 Å². The average molecular weight is 455 g/mol. The molecule has 0 spiro atoms. The lowest BCUT2D eigenvalue weighted by molar-refractivity contribution is 0.0960. The highest BCUT2D eigenvalue weighted by atomic mass is 16.3. The van der Waals surface area contributed by atoms with Crippen LogP contribution in [0.4, 0.5) is 11.5 Å². The predicted octanol–water partition coefficient (Wildman–Crippen LogP) is 4.28. The molecule has 0 saturated carbocycles. The molecule has 0 aliphatic rings. The summed E-state index contributed by atoms with van der Waals surface area (Å²) in [6, 6.07) is 3.95. The number of carbonyl (C=O) groups is 1. The smallest absolute Gasteiger partial charge is 0.330 e. The third-order valence-electron chi connectivity index (χ3n) is 6.07. The number of carbonyl (C=O) groups excluding carboxylic acids is 1. The number of nitrogens with zero attached hydrogens (tertiary/aromatic N) is 2. The van der Waals surface area contributed by atoms with E-state index >= 15 is 0 Å². The second kappa shape index (κ2) is 9.68. The molecule has 8 heteroatoms. The molecule has 0 bridgehead atoms. The van der Waals surface area contributed by atoms with Crippen LogP contribution >= 0.6 is 0 Å². The van der Waals surface area contributed by atoms with Crippen LogP contribution in [0.25, 0.3) is 11.0 Å². The molecule has 178 valence electrons. The molecule has 33 heavy (non-hydrogen) atoms. The van der Waals surface area contributed by atoms with Crippen LogP contribution in [0.2, 0.25) is 0 Å². The van der Waals surface area contributed by atoms with Gasteiger partial charge in [-0.05, 0) is 50.7 Å². The zero-order valence-corrected chi connectivity index (χ0v) is 20.4. The van der Waals surface area contributed by atoms with Crippen LogP contribution in [-0.2, 0) is 6.54 Å². The molecule has 0 saturated heterocycles. The number of nitrogens with two attached hydrogens (primary N) is 1. The van der Waals surface area contributed by atoms with E-state index < -0.39 is 17.2 Å². The van der Waals surface area contributed by atoms with E-state index in [2.05, 4.69) is 4.98 Å². The summed E-state index contributed by atoms with van der Waals surface area (Å²) in [6.07, 6.45) is 2.22. The fourth-order valence-electron chi connectivity index (χ4n) is 4.08. The van der Waals surface area contributed by atoms with Gasteiger partial charge in [0.1, 0.15) is 11.4 Å². The maximum absolute atomic E-state index is 13.8. The van der Waals surface area contributed by atoms with Gasteiger partial charge >= 0.3 is 5.69 Å². The number of nitrogen functional groups attached to an aromatic ring is 1. The minimum atomic E-state index is -0.677. The second-order valence-electron chi connectivity index (χ2n) is 9.10. The Kier molecular flexibility index (Phi) is 7.15. The molecule has 3 rings (SSSR count). The van der Waals surface area contributed by atoms with Gasteiger partial charge in [-0.15, -0.1) is 0 Å². The van der Waals surface area contributed by atoms with Crippen LogP contribution in [-0.4, -0.2) is 22.0 Å². The number of nitrogens with one attached hydrogen (secondary N) is 1.